The van der Waals surface area contributed by atoms with Crippen molar-refractivity contribution in [1.29, 1.82) is 0 Å². The van der Waals surface area contributed by atoms with Crippen molar-refractivity contribution in [2.24, 2.45) is 5.92 Å². The van der Waals surface area contributed by atoms with Crippen LogP contribution >= 0.6 is 0 Å². The molecule has 1 aliphatic carbocycles. The average Bonchev–Trinajstić information content (AvgIpc) is 2.42. The average molecular weight is 231 g/mol. The number of hydrogen-bond donors (Lipinski definition) is 1. The first-order valence-corrected chi connectivity index (χ1v) is 7.17. The summed E-state index contributed by atoms with van der Waals surface area (Å²) in [4.78, 5) is 0. The number of nitrogens with one attached hydrogen (secondary N) is 1. The van der Waals surface area contributed by atoms with Crippen molar-refractivity contribution < 1.29 is 0 Å². The van der Waals surface area contributed by atoms with Gasteiger partial charge in [-0.2, -0.15) is 0 Å². The van der Waals surface area contributed by atoms with E-state index in [-0.39, 0.29) is 0 Å². The molecule has 0 aromatic heterocycles. The lowest BCUT2D eigenvalue weighted by Crippen LogP contribution is -2.36. The topological polar surface area (TPSA) is 12.0 Å². The van der Waals surface area contributed by atoms with E-state index in [0.717, 1.165) is 18.5 Å². The maximum absolute atomic E-state index is 3.76. The van der Waals surface area contributed by atoms with E-state index >= 15 is 0 Å². The monoisotopic (exact) mass is 231 g/mol. The summed E-state index contributed by atoms with van der Waals surface area (Å²) >= 11 is 0. The molecule has 1 fully saturated rings. The first kappa shape index (κ1) is 12.6. The van der Waals surface area contributed by atoms with Gasteiger partial charge in [-0.05, 0) is 30.7 Å². The van der Waals surface area contributed by atoms with Gasteiger partial charge in [0.15, 0.2) is 0 Å². The van der Waals surface area contributed by atoms with Crippen molar-refractivity contribution in [1.82, 2.24) is 5.32 Å². The Bertz CT molecular complexity index is 301. The second kappa shape index (κ2) is 6.80. The number of hydrogen-bond acceptors (Lipinski definition) is 1. The molecule has 1 nitrogen and oxygen atoms in total. The van der Waals surface area contributed by atoms with Gasteiger partial charge < -0.3 is 5.32 Å². The van der Waals surface area contributed by atoms with Crippen LogP contribution in [0.2, 0.25) is 0 Å². The lowest BCUT2D eigenvalue weighted by atomic mass is 9.83. The minimum Gasteiger partial charge on any atom is -0.310 e. The number of benzene rings is 1. The zero-order chi connectivity index (χ0) is 11.9. The highest BCUT2D eigenvalue weighted by atomic mass is 14.9. The van der Waals surface area contributed by atoms with E-state index in [1.165, 1.54) is 44.1 Å². The molecule has 0 saturated heterocycles. The Hall–Kier alpha value is -0.820. The predicted octanol–water partition coefficient (Wildman–Crippen LogP) is 4.14. The Morgan fingerprint density at radius 3 is 2.47 bits per heavy atom. The van der Waals surface area contributed by atoms with Crippen molar-refractivity contribution >= 4 is 0 Å². The van der Waals surface area contributed by atoms with Gasteiger partial charge in [0.2, 0.25) is 0 Å². The zero-order valence-electron chi connectivity index (χ0n) is 11.0. The fraction of sp³-hybridized carbons (Fsp3) is 0.625. The van der Waals surface area contributed by atoms with Gasteiger partial charge in [0.05, 0.1) is 0 Å². The van der Waals surface area contributed by atoms with Crippen LogP contribution in [0.25, 0.3) is 0 Å². The first-order chi connectivity index (χ1) is 8.40. The van der Waals surface area contributed by atoms with Gasteiger partial charge in [-0.15, -0.1) is 0 Å². The van der Waals surface area contributed by atoms with E-state index in [1.54, 1.807) is 0 Å². The second-order valence-corrected chi connectivity index (χ2v) is 5.28. The van der Waals surface area contributed by atoms with Crippen molar-refractivity contribution in [2.75, 3.05) is 0 Å². The Kier molecular flexibility index (Phi) is 5.06. The molecule has 1 unspecified atom stereocenters. The normalized spacial score (nSPS) is 19.1. The van der Waals surface area contributed by atoms with Crippen molar-refractivity contribution in [3.05, 3.63) is 35.9 Å². The van der Waals surface area contributed by atoms with E-state index in [4.69, 9.17) is 0 Å². The third kappa shape index (κ3) is 3.85. The Balaban J connectivity index is 1.82. The van der Waals surface area contributed by atoms with Gasteiger partial charge in [0.25, 0.3) is 0 Å². The summed E-state index contributed by atoms with van der Waals surface area (Å²) in [5.41, 5.74) is 1.40. The molecule has 1 aliphatic rings. The minimum absolute atomic E-state index is 0.718. The van der Waals surface area contributed by atoms with Gasteiger partial charge in [-0.25, -0.2) is 0 Å². The number of rotatable bonds is 5. The fourth-order valence-corrected chi connectivity index (χ4v) is 3.03. The van der Waals surface area contributed by atoms with Crippen molar-refractivity contribution in [3.8, 4) is 0 Å². The van der Waals surface area contributed by atoms with Crippen LogP contribution in [0.4, 0.5) is 0 Å². The summed E-state index contributed by atoms with van der Waals surface area (Å²) in [6, 6.07) is 11.5. The van der Waals surface area contributed by atoms with Crippen LogP contribution in [0.15, 0.2) is 30.3 Å². The van der Waals surface area contributed by atoms with Gasteiger partial charge in [-0.1, -0.05) is 56.5 Å². The molecule has 0 aliphatic heterocycles. The lowest BCUT2D eigenvalue weighted by Gasteiger charge is -2.30. The standard InChI is InChI=1S/C16H25N/c1-2-16(15-11-7-4-8-12-15)17-13-14-9-5-3-6-10-14/h3,5-6,9-10,15-17H,2,4,7-8,11-13H2,1H3. The van der Waals surface area contributed by atoms with Gasteiger partial charge in [-0.3, -0.25) is 0 Å². The molecule has 0 spiro atoms. The Morgan fingerprint density at radius 2 is 1.82 bits per heavy atom. The maximum Gasteiger partial charge on any atom is 0.0208 e. The van der Waals surface area contributed by atoms with Crippen molar-refractivity contribution in [3.63, 3.8) is 0 Å². The highest BCUT2D eigenvalue weighted by Crippen LogP contribution is 2.27. The molecule has 2 rings (SSSR count). The Morgan fingerprint density at radius 1 is 1.12 bits per heavy atom. The molecule has 1 saturated carbocycles. The second-order valence-electron chi connectivity index (χ2n) is 5.28. The molecular weight excluding hydrogens is 206 g/mol. The fourth-order valence-electron chi connectivity index (χ4n) is 3.03. The predicted molar refractivity (Wildman–Crippen MR) is 73.9 cm³/mol. The molecule has 1 N–H and O–H groups in total. The summed E-state index contributed by atoms with van der Waals surface area (Å²) in [6.07, 6.45) is 8.45. The third-order valence-electron chi connectivity index (χ3n) is 4.07. The molecular formula is C16H25N. The van der Waals surface area contributed by atoms with E-state index in [1.807, 2.05) is 0 Å². The molecule has 1 atom stereocenters. The quantitative estimate of drug-likeness (QED) is 0.803. The maximum atomic E-state index is 3.76. The summed E-state index contributed by atoms with van der Waals surface area (Å²) in [7, 11) is 0. The van der Waals surface area contributed by atoms with Crippen LogP contribution in [0.1, 0.15) is 51.0 Å². The SMILES string of the molecule is CCC(NCc1ccccc1)C1CCCCC1. The largest absolute Gasteiger partial charge is 0.310 e. The highest BCUT2D eigenvalue weighted by molar-refractivity contribution is 5.14. The molecule has 1 aromatic rings. The molecule has 1 heteroatoms. The molecule has 0 amide bonds. The van der Waals surface area contributed by atoms with Crippen molar-refractivity contribution in [2.45, 2.75) is 58.0 Å². The van der Waals surface area contributed by atoms with Crippen LogP contribution < -0.4 is 5.32 Å². The van der Waals surface area contributed by atoms with Gasteiger partial charge in [0.1, 0.15) is 0 Å². The lowest BCUT2D eigenvalue weighted by molar-refractivity contribution is 0.262. The molecule has 0 radical (unpaired) electrons. The van der Waals surface area contributed by atoms with E-state index in [2.05, 4.69) is 42.6 Å². The first-order valence-electron chi connectivity index (χ1n) is 7.17. The molecule has 0 bridgehead atoms. The summed E-state index contributed by atoms with van der Waals surface area (Å²) in [5, 5.41) is 3.76. The van der Waals surface area contributed by atoms with Crippen LogP contribution in [-0.4, -0.2) is 6.04 Å². The summed E-state index contributed by atoms with van der Waals surface area (Å²) < 4.78 is 0. The van der Waals surface area contributed by atoms with Crippen LogP contribution in [-0.2, 0) is 6.54 Å². The van der Waals surface area contributed by atoms with Gasteiger partial charge >= 0.3 is 0 Å². The summed E-state index contributed by atoms with van der Waals surface area (Å²) in [5.74, 6) is 0.914. The van der Waals surface area contributed by atoms with Crippen LogP contribution in [0, 0.1) is 5.92 Å². The Labute approximate surface area is 106 Å². The van der Waals surface area contributed by atoms with Crippen LogP contribution in [0.3, 0.4) is 0 Å². The zero-order valence-corrected chi connectivity index (χ0v) is 11.0. The van der Waals surface area contributed by atoms with E-state index in [0.29, 0.717) is 0 Å². The van der Waals surface area contributed by atoms with Crippen LogP contribution in [0.5, 0.6) is 0 Å². The molecule has 17 heavy (non-hydrogen) atoms. The van der Waals surface area contributed by atoms with E-state index < -0.39 is 0 Å². The third-order valence-corrected chi connectivity index (χ3v) is 4.07. The van der Waals surface area contributed by atoms with E-state index in [9.17, 15) is 0 Å². The smallest absolute Gasteiger partial charge is 0.0208 e. The minimum atomic E-state index is 0.718. The highest BCUT2D eigenvalue weighted by Gasteiger charge is 2.21. The molecule has 94 valence electrons. The molecule has 1 aromatic carbocycles. The molecule has 0 heterocycles. The summed E-state index contributed by atoms with van der Waals surface area (Å²) in [6.45, 7) is 3.34. The van der Waals surface area contributed by atoms with Gasteiger partial charge in [0, 0.05) is 12.6 Å².